The summed E-state index contributed by atoms with van der Waals surface area (Å²) in [6, 6.07) is 14.5. The van der Waals surface area contributed by atoms with Crippen LogP contribution in [0, 0.1) is 0 Å². The molecule has 0 saturated heterocycles. The van der Waals surface area contributed by atoms with Crippen molar-refractivity contribution in [1.29, 1.82) is 0 Å². The van der Waals surface area contributed by atoms with Gasteiger partial charge in [0.2, 0.25) is 0 Å². The first-order valence-electron chi connectivity index (χ1n) is 7.70. The predicted molar refractivity (Wildman–Crippen MR) is 90.7 cm³/mol. The maximum absolute atomic E-state index is 4.44. The summed E-state index contributed by atoms with van der Waals surface area (Å²) in [6.45, 7) is 1.68. The standard InChI is InChI=1S/C18H17N5/c1-2-4-16-15(3-1)7-10-23(16)18-11-17(21-13-22-18)20-12-14-5-8-19-9-6-14/h1-6,8-9,11,13H,7,10,12H2,(H,20,21,22). The molecular weight excluding hydrogens is 286 g/mol. The van der Waals surface area contributed by atoms with Gasteiger partial charge < -0.3 is 10.2 Å². The summed E-state index contributed by atoms with van der Waals surface area (Å²) in [5.74, 6) is 1.76. The van der Waals surface area contributed by atoms with Crippen LogP contribution in [0.25, 0.3) is 0 Å². The highest BCUT2D eigenvalue weighted by atomic mass is 15.2. The van der Waals surface area contributed by atoms with Gasteiger partial charge in [-0.05, 0) is 35.7 Å². The van der Waals surface area contributed by atoms with Gasteiger partial charge in [0, 0.05) is 37.2 Å². The largest absolute Gasteiger partial charge is 0.366 e. The Morgan fingerprint density at radius 1 is 1.04 bits per heavy atom. The Kier molecular flexibility index (Phi) is 3.60. The van der Waals surface area contributed by atoms with Gasteiger partial charge in [-0.2, -0.15) is 0 Å². The van der Waals surface area contributed by atoms with Crippen molar-refractivity contribution in [2.45, 2.75) is 13.0 Å². The topological polar surface area (TPSA) is 53.9 Å². The van der Waals surface area contributed by atoms with Crippen LogP contribution in [0.2, 0.25) is 0 Å². The van der Waals surface area contributed by atoms with E-state index in [0.29, 0.717) is 0 Å². The number of hydrogen-bond donors (Lipinski definition) is 1. The number of para-hydroxylation sites is 1. The first-order chi connectivity index (χ1) is 11.4. The number of nitrogens with zero attached hydrogens (tertiary/aromatic N) is 4. The maximum Gasteiger partial charge on any atom is 0.138 e. The van der Waals surface area contributed by atoms with Crippen molar-refractivity contribution in [3.05, 3.63) is 72.3 Å². The second-order valence-corrected chi connectivity index (χ2v) is 5.50. The van der Waals surface area contributed by atoms with Gasteiger partial charge in [0.15, 0.2) is 0 Å². The van der Waals surface area contributed by atoms with Gasteiger partial charge in [-0.15, -0.1) is 0 Å². The molecule has 5 heteroatoms. The van der Waals surface area contributed by atoms with Crippen LogP contribution >= 0.6 is 0 Å². The summed E-state index contributed by atoms with van der Waals surface area (Å²) < 4.78 is 0. The van der Waals surface area contributed by atoms with Gasteiger partial charge >= 0.3 is 0 Å². The fraction of sp³-hybridized carbons (Fsp3) is 0.167. The summed E-state index contributed by atoms with van der Waals surface area (Å²) in [6.07, 6.45) is 6.26. The van der Waals surface area contributed by atoms with Crippen molar-refractivity contribution in [1.82, 2.24) is 15.0 Å². The number of aromatic nitrogens is 3. The quantitative estimate of drug-likeness (QED) is 0.802. The molecule has 1 aliphatic rings. The molecule has 0 aliphatic carbocycles. The predicted octanol–water partition coefficient (Wildman–Crippen LogP) is 3.18. The minimum atomic E-state index is 0.718. The van der Waals surface area contributed by atoms with Crippen molar-refractivity contribution in [3.8, 4) is 0 Å². The van der Waals surface area contributed by atoms with Gasteiger partial charge in [-0.3, -0.25) is 4.98 Å². The van der Waals surface area contributed by atoms with Crippen LogP contribution in [0.5, 0.6) is 0 Å². The van der Waals surface area contributed by atoms with E-state index in [1.807, 2.05) is 18.2 Å². The lowest BCUT2D eigenvalue weighted by Gasteiger charge is -2.18. The van der Waals surface area contributed by atoms with E-state index in [0.717, 1.165) is 31.1 Å². The van der Waals surface area contributed by atoms with Gasteiger partial charge in [0.1, 0.15) is 18.0 Å². The average Bonchev–Trinajstić information content (AvgIpc) is 3.05. The fourth-order valence-corrected chi connectivity index (χ4v) is 2.86. The number of rotatable bonds is 4. The molecule has 1 N–H and O–H groups in total. The van der Waals surface area contributed by atoms with Crippen molar-refractivity contribution in [2.24, 2.45) is 0 Å². The minimum absolute atomic E-state index is 0.718. The number of hydrogen-bond acceptors (Lipinski definition) is 5. The molecule has 4 rings (SSSR count). The number of fused-ring (bicyclic) bond motifs is 1. The van der Waals surface area contributed by atoms with E-state index in [1.54, 1.807) is 18.7 Å². The normalized spacial score (nSPS) is 13.0. The molecule has 114 valence electrons. The zero-order valence-corrected chi connectivity index (χ0v) is 12.7. The molecule has 0 amide bonds. The third-order valence-electron chi connectivity index (χ3n) is 4.04. The summed E-state index contributed by atoms with van der Waals surface area (Å²) in [4.78, 5) is 15.0. The van der Waals surface area contributed by atoms with E-state index < -0.39 is 0 Å². The molecule has 0 saturated carbocycles. The highest BCUT2D eigenvalue weighted by Gasteiger charge is 2.20. The molecule has 0 fully saturated rings. The molecule has 0 unspecified atom stereocenters. The third kappa shape index (κ3) is 2.85. The molecule has 0 radical (unpaired) electrons. The molecule has 3 aromatic rings. The smallest absolute Gasteiger partial charge is 0.138 e. The van der Waals surface area contributed by atoms with Gasteiger partial charge in [-0.1, -0.05) is 18.2 Å². The lowest BCUT2D eigenvalue weighted by atomic mass is 10.2. The molecule has 23 heavy (non-hydrogen) atoms. The Balaban J connectivity index is 1.53. The van der Waals surface area contributed by atoms with Gasteiger partial charge in [0.25, 0.3) is 0 Å². The summed E-state index contributed by atoms with van der Waals surface area (Å²) in [7, 11) is 0. The number of benzene rings is 1. The molecule has 0 atom stereocenters. The second kappa shape index (κ2) is 6.04. The molecule has 2 aromatic heterocycles. The third-order valence-corrected chi connectivity index (χ3v) is 4.04. The first kappa shape index (κ1) is 13.7. The van der Waals surface area contributed by atoms with Crippen LogP contribution in [0.15, 0.2) is 61.2 Å². The Labute approximate surface area is 135 Å². The highest BCUT2D eigenvalue weighted by Crippen LogP contribution is 2.33. The maximum atomic E-state index is 4.44. The van der Waals surface area contributed by atoms with Crippen LogP contribution in [0.1, 0.15) is 11.1 Å². The fourth-order valence-electron chi connectivity index (χ4n) is 2.86. The molecule has 3 heterocycles. The zero-order valence-electron chi connectivity index (χ0n) is 12.7. The van der Waals surface area contributed by atoms with Crippen LogP contribution in [-0.4, -0.2) is 21.5 Å². The molecule has 5 nitrogen and oxygen atoms in total. The van der Waals surface area contributed by atoms with Crippen LogP contribution in [0.4, 0.5) is 17.3 Å². The molecule has 1 aromatic carbocycles. The van der Waals surface area contributed by atoms with Crippen molar-refractivity contribution >= 4 is 17.3 Å². The summed E-state index contributed by atoms with van der Waals surface area (Å²) >= 11 is 0. The highest BCUT2D eigenvalue weighted by molar-refractivity contribution is 5.68. The lowest BCUT2D eigenvalue weighted by molar-refractivity contribution is 0.961. The zero-order chi connectivity index (χ0) is 15.5. The van der Waals surface area contributed by atoms with E-state index in [-0.39, 0.29) is 0 Å². The van der Waals surface area contributed by atoms with Crippen LogP contribution in [-0.2, 0) is 13.0 Å². The summed E-state index contributed by atoms with van der Waals surface area (Å²) in [5.41, 5.74) is 3.79. The Hall–Kier alpha value is -2.95. The Morgan fingerprint density at radius 3 is 2.83 bits per heavy atom. The van der Waals surface area contributed by atoms with E-state index in [1.165, 1.54) is 16.8 Å². The number of nitrogens with one attached hydrogen (secondary N) is 1. The van der Waals surface area contributed by atoms with Crippen molar-refractivity contribution in [2.75, 3.05) is 16.8 Å². The molecular formula is C18H17N5. The first-order valence-corrected chi connectivity index (χ1v) is 7.70. The SMILES string of the molecule is c1ccc2c(c1)CCN2c1cc(NCc2ccncc2)ncn1. The average molecular weight is 303 g/mol. The molecule has 1 aliphatic heterocycles. The van der Waals surface area contributed by atoms with E-state index in [2.05, 4.69) is 49.4 Å². The Bertz CT molecular complexity index is 803. The number of anilines is 3. The summed E-state index contributed by atoms with van der Waals surface area (Å²) in [5, 5.41) is 3.34. The van der Waals surface area contributed by atoms with Crippen molar-refractivity contribution in [3.63, 3.8) is 0 Å². The molecule has 0 bridgehead atoms. The number of pyridine rings is 1. The van der Waals surface area contributed by atoms with E-state index in [9.17, 15) is 0 Å². The lowest BCUT2D eigenvalue weighted by Crippen LogP contribution is -2.15. The molecule has 0 spiro atoms. The Morgan fingerprint density at radius 2 is 1.91 bits per heavy atom. The van der Waals surface area contributed by atoms with Gasteiger partial charge in [0.05, 0.1) is 0 Å². The van der Waals surface area contributed by atoms with Gasteiger partial charge in [-0.25, -0.2) is 9.97 Å². The van der Waals surface area contributed by atoms with Crippen LogP contribution in [0.3, 0.4) is 0 Å². The minimum Gasteiger partial charge on any atom is -0.366 e. The monoisotopic (exact) mass is 303 g/mol. The second-order valence-electron chi connectivity index (χ2n) is 5.50. The van der Waals surface area contributed by atoms with Crippen LogP contribution < -0.4 is 10.2 Å². The van der Waals surface area contributed by atoms with E-state index in [4.69, 9.17) is 0 Å². The van der Waals surface area contributed by atoms with E-state index >= 15 is 0 Å². The van der Waals surface area contributed by atoms with Crippen molar-refractivity contribution < 1.29 is 0 Å².